The fourth-order valence-electron chi connectivity index (χ4n) is 5.61. The molecule has 1 atom stereocenters. The molecular formula is C48H75BBrN3O10. The predicted octanol–water partition coefficient (Wildman–Crippen LogP) is 9.60. The number of hydrogen-bond acceptors (Lipinski definition) is 12. The van der Waals surface area contributed by atoms with E-state index in [0.29, 0.717) is 12.8 Å². The minimum absolute atomic E-state index is 0.0463. The Bertz CT molecular complexity index is 1680. The van der Waals surface area contributed by atoms with Crippen molar-refractivity contribution in [3.63, 3.8) is 0 Å². The van der Waals surface area contributed by atoms with E-state index in [1.807, 2.05) is 43.3 Å². The third-order valence-corrected chi connectivity index (χ3v) is 9.84. The highest BCUT2D eigenvalue weighted by atomic mass is 79.9. The number of nitrogens with one attached hydrogen (secondary N) is 2. The van der Waals surface area contributed by atoms with Gasteiger partial charge in [-0.05, 0) is 108 Å². The summed E-state index contributed by atoms with van der Waals surface area (Å²) in [6, 6.07) is 17.7. The molecular weight excluding hydrogens is 869 g/mol. The molecule has 2 fully saturated rings. The SMILES string of the molecule is C1CCOC1.CCN(CCCC(=O)OC)c1cc(OC)ccc1C.CCNc1cc(OC)ccc1C.COC(=O)CCCBr.COc1ccc(C)c(NC(C)=O)c1.[B]C1CCCO1. The van der Waals surface area contributed by atoms with Crippen molar-refractivity contribution < 1.29 is 47.5 Å². The summed E-state index contributed by atoms with van der Waals surface area (Å²) < 4.78 is 34.3. The molecule has 0 spiro atoms. The van der Waals surface area contributed by atoms with Crippen LogP contribution in [0.4, 0.5) is 17.1 Å². The highest BCUT2D eigenvalue weighted by molar-refractivity contribution is 9.09. The quantitative estimate of drug-likeness (QED) is 0.0851. The van der Waals surface area contributed by atoms with Crippen LogP contribution in [0.1, 0.15) is 88.8 Å². The van der Waals surface area contributed by atoms with Crippen LogP contribution in [0.3, 0.4) is 0 Å². The van der Waals surface area contributed by atoms with Gasteiger partial charge >= 0.3 is 11.9 Å². The molecule has 15 heteroatoms. The lowest BCUT2D eigenvalue weighted by Gasteiger charge is -2.25. The number of methoxy groups -OCH3 is 5. The van der Waals surface area contributed by atoms with Gasteiger partial charge in [0.2, 0.25) is 5.91 Å². The van der Waals surface area contributed by atoms with Crippen LogP contribution in [0.2, 0.25) is 0 Å². The summed E-state index contributed by atoms with van der Waals surface area (Å²) in [6.45, 7) is 17.3. The Morgan fingerprint density at radius 2 is 1.24 bits per heavy atom. The molecule has 1 unspecified atom stereocenters. The zero-order valence-corrected chi connectivity index (χ0v) is 41.5. The van der Waals surface area contributed by atoms with Crippen LogP contribution in [0.15, 0.2) is 54.6 Å². The normalized spacial score (nSPS) is 13.1. The monoisotopic (exact) mass is 943 g/mol. The fraction of sp³-hybridized carbons (Fsp3) is 0.562. The van der Waals surface area contributed by atoms with Gasteiger partial charge < -0.3 is 48.7 Å². The Morgan fingerprint density at radius 1 is 0.730 bits per heavy atom. The summed E-state index contributed by atoms with van der Waals surface area (Å²) >= 11 is 3.20. The summed E-state index contributed by atoms with van der Waals surface area (Å²) in [5, 5.41) is 6.86. The first-order valence-corrected chi connectivity index (χ1v) is 22.7. The summed E-state index contributed by atoms with van der Waals surface area (Å²) in [5.74, 6) is 2.14. The standard InChI is InChI=1S/C15H23NO3.C10H13NO2.C10H15NO.C5H9BrO2.C4H7BO.C4H8O/c1-5-16(10-6-7-15(17)19-4)14-11-13(18-3)9-8-12(14)2;1-7-4-5-9(13-3)6-10(7)11-8(2)12;1-4-11-10-7-9(12-3)6-5-8(10)2;1-8-5(7)3-2-4-6;5-4-2-1-3-6-4;1-2-4-5-3-1/h8-9,11H,5-7,10H2,1-4H3;4-6H,1-3H3,(H,11,12);5-7,11H,4H2,1-3H3;2-4H2,1H3;4H,1-3H2;1-4H2. The first-order valence-electron chi connectivity index (χ1n) is 21.6. The Balaban J connectivity index is 0.000000772. The minimum Gasteiger partial charge on any atom is -0.497 e. The summed E-state index contributed by atoms with van der Waals surface area (Å²) in [7, 11) is 13.1. The van der Waals surface area contributed by atoms with Gasteiger partial charge in [0, 0.05) is 106 Å². The summed E-state index contributed by atoms with van der Waals surface area (Å²) in [5.41, 5.74) is 6.59. The molecule has 3 aromatic carbocycles. The molecule has 5 rings (SSSR count). The van der Waals surface area contributed by atoms with Crippen LogP contribution >= 0.6 is 15.9 Å². The highest BCUT2D eigenvalue weighted by Gasteiger charge is 2.10. The van der Waals surface area contributed by atoms with Gasteiger partial charge in [-0.25, -0.2) is 0 Å². The van der Waals surface area contributed by atoms with Crippen molar-refractivity contribution in [2.24, 2.45) is 0 Å². The second kappa shape index (κ2) is 37.0. The van der Waals surface area contributed by atoms with Crippen molar-refractivity contribution in [2.45, 2.75) is 98.9 Å². The fourth-order valence-corrected chi connectivity index (χ4v) is 5.89. The van der Waals surface area contributed by atoms with Gasteiger partial charge in [-0.15, -0.1) is 0 Å². The van der Waals surface area contributed by atoms with Gasteiger partial charge in [-0.2, -0.15) is 0 Å². The molecule has 13 nitrogen and oxygen atoms in total. The van der Waals surface area contributed by atoms with Gasteiger partial charge in [-0.1, -0.05) is 34.1 Å². The largest absolute Gasteiger partial charge is 0.497 e. The van der Waals surface area contributed by atoms with Crippen molar-refractivity contribution in [1.29, 1.82) is 0 Å². The molecule has 2 aliphatic rings. The number of benzene rings is 3. The van der Waals surface area contributed by atoms with Crippen LogP contribution < -0.4 is 29.7 Å². The molecule has 2 heterocycles. The van der Waals surface area contributed by atoms with E-state index in [-0.39, 0.29) is 23.8 Å². The number of alkyl halides is 1. The average Bonchev–Trinajstić information content (AvgIpc) is 4.05. The van der Waals surface area contributed by atoms with E-state index in [1.165, 1.54) is 45.1 Å². The van der Waals surface area contributed by atoms with Gasteiger partial charge in [-0.3, -0.25) is 14.4 Å². The van der Waals surface area contributed by atoms with Gasteiger partial charge in [0.05, 0.1) is 35.5 Å². The zero-order chi connectivity index (χ0) is 47.4. The van der Waals surface area contributed by atoms with E-state index in [0.717, 1.165) is 110 Å². The smallest absolute Gasteiger partial charge is 0.305 e. The molecule has 0 bridgehead atoms. The van der Waals surface area contributed by atoms with Crippen molar-refractivity contribution in [2.75, 3.05) is 95.9 Å². The number of nitrogens with zero attached hydrogens (tertiary/aromatic N) is 1. The predicted molar refractivity (Wildman–Crippen MR) is 261 cm³/mol. The van der Waals surface area contributed by atoms with Gasteiger partial charge in [0.25, 0.3) is 0 Å². The second-order valence-corrected chi connectivity index (χ2v) is 15.0. The number of ether oxygens (including phenoxy) is 7. The number of hydrogen-bond donors (Lipinski definition) is 2. The van der Waals surface area contributed by atoms with Gasteiger partial charge in [0.15, 0.2) is 0 Å². The van der Waals surface area contributed by atoms with Crippen molar-refractivity contribution >= 4 is 58.7 Å². The zero-order valence-electron chi connectivity index (χ0n) is 39.9. The Kier molecular flexibility index (Phi) is 34.3. The maximum absolute atomic E-state index is 11.1. The molecule has 0 saturated carbocycles. The first kappa shape index (κ1) is 58.5. The van der Waals surface area contributed by atoms with E-state index < -0.39 is 0 Å². The number of rotatable bonds is 15. The number of esters is 2. The van der Waals surface area contributed by atoms with Crippen LogP contribution in [0, 0.1) is 20.8 Å². The maximum atomic E-state index is 11.1. The molecule has 2 saturated heterocycles. The molecule has 2 N–H and O–H groups in total. The van der Waals surface area contributed by atoms with Gasteiger partial charge in [0.1, 0.15) is 25.1 Å². The number of aryl methyl sites for hydroxylation is 3. The van der Waals surface area contributed by atoms with Crippen molar-refractivity contribution in [3.05, 3.63) is 71.3 Å². The third-order valence-electron chi connectivity index (χ3n) is 9.28. The Hall–Kier alpha value is -4.47. The van der Waals surface area contributed by atoms with E-state index in [2.05, 4.69) is 80.8 Å². The lowest BCUT2D eigenvalue weighted by molar-refractivity contribution is -0.141. The molecule has 3 aromatic rings. The molecule has 1 amide bonds. The Morgan fingerprint density at radius 3 is 1.63 bits per heavy atom. The third kappa shape index (κ3) is 28.1. The lowest BCUT2D eigenvalue weighted by atomic mass is 9.98. The van der Waals surface area contributed by atoms with E-state index in [4.69, 9.17) is 31.5 Å². The molecule has 352 valence electrons. The number of carbonyl (C=O) groups excluding carboxylic acids is 3. The molecule has 63 heavy (non-hydrogen) atoms. The lowest BCUT2D eigenvalue weighted by Crippen LogP contribution is -2.25. The number of halogens is 1. The first-order chi connectivity index (χ1) is 30.2. The van der Waals surface area contributed by atoms with Crippen molar-refractivity contribution in [3.8, 4) is 17.2 Å². The van der Waals surface area contributed by atoms with E-state index in [1.54, 1.807) is 27.4 Å². The number of anilines is 3. The summed E-state index contributed by atoms with van der Waals surface area (Å²) in [6.07, 6.45) is 7.35. The molecule has 0 aromatic heterocycles. The number of amides is 1. The second-order valence-electron chi connectivity index (χ2n) is 14.2. The highest BCUT2D eigenvalue weighted by Crippen LogP contribution is 2.26. The van der Waals surface area contributed by atoms with Crippen LogP contribution in [0.25, 0.3) is 0 Å². The van der Waals surface area contributed by atoms with E-state index >= 15 is 0 Å². The van der Waals surface area contributed by atoms with E-state index in [9.17, 15) is 14.4 Å². The van der Waals surface area contributed by atoms with Crippen LogP contribution in [-0.4, -0.2) is 112 Å². The van der Waals surface area contributed by atoms with Crippen LogP contribution in [-0.2, 0) is 33.3 Å². The molecule has 2 radical (unpaired) electrons. The summed E-state index contributed by atoms with van der Waals surface area (Å²) in [4.78, 5) is 34.5. The van der Waals surface area contributed by atoms with Crippen LogP contribution in [0.5, 0.6) is 17.2 Å². The Labute approximate surface area is 388 Å². The average molecular weight is 945 g/mol. The topological polar surface area (TPSA) is 143 Å². The van der Waals surface area contributed by atoms with Crippen molar-refractivity contribution in [1.82, 2.24) is 0 Å². The maximum Gasteiger partial charge on any atom is 0.305 e. The molecule has 0 aliphatic carbocycles. The number of carbonyl (C=O) groups is 3. The minimum atomic E-state index is -0.154. The molecule has 2 aliphatic heterocycles.